The molecule has 0 bridgehead atoms. The smallest absolute Gasteiger partial charge is 0.305 e. The third-order valence-corrected chi connectivity index (χ3v) is 11.4. The summed E-state index contributed by atoms with van der Waals surface area (Å²) in [7, 11) is 0. The molecule has 0 spiro atoms. The fourth-order valence-corrected chi connectivity index (χ4v) is 8.43. The Morgan fingerprint density at radius 2 is 0.686 bits per heavy atom. The van der Waals surface area contributed by atoms with Gasteiger partial charge in [0.25, 0.3) is 0 Å². The molecule has 0 aromatic rings. The summed E-state index contributed by atoms with van der Waals surface area (Å²) in [5, 5.41) is 0. The van der Waals surface area contributed by atoms with Crippen molar-refractivity contribution in [3.05, 3.63) is 0 Å². The highest BCUT2D eigenvalue weighted by Gasteiger charge is 2.30. The van der Waals surface area contributed by atoms with Crippen LogP contribution in [0.5, 0.6) is 0 Å². The minimum Gasteiger partial charge on any atom is -0.465 e. The minimum atomic E-state index is -0.0708. The van der Waals surface area contributed by atoms with Gasteiger partial charge in [0.15, 0.2) is 0 Å². The van der Waals surface area contributed by atoms with Crippen LogP contribution in [0.3, 0.4) is 0 Å². The van der Waals surface area contributed by atoms with Crippen LogP contribution in [-0.4, -0.2) is 37.7 Å². The van der Waals surface area contributed by atoms with Crippen LogP contribution in [0.15, 0.2) is 0 Å². The number of rotatable bonds is 33. The number of hydrogen-bond acceptors (Lipinski definition) is 6. The van der Waals surface area contributed by atoms with Gasteiger partial charge in [0.05, 0.1) is 19.8 Å². The highest BCUT2D eigenvalue weighted by molar-refractivity contribution is 5.70. The van der Waals surface area contributed by atoms with E-state index >= 15 is 0 Å². The van der Waals surface area contributed by atoms with Gasteiger partial charge >= 0.3 is 17.9 Å². The highest BCUT2D eigenvalue weighted by atomic mass is 16.5. The Morgan fingerprint density at radius 1 is 0.412 bits per heavy atom. The maximum Gasteiger partial charge on any atom is 0.305 e. The summed E-state index contributed by atoms with van der Waals surface area (Å²) in [4.78, 5) is 38.7. The van der Waals surface area contributed by atoms with Gasteiger partial charge in [-0.3, -0.25) is 14.4 Å². The molecule has 0 amide bonds. The van der Waals surface area contributed by atoms with Gasteiger partial charge in [-0.25, -0.2) is 0 Å². The maximum atomic E-state index is 12.9. The molecule has 6 heteroatoms. The van der Waals surface area contributed by atoms with Crippen molar-refractivity contribution >= 4 is 17.9 Å². The molecule has 3 unspecified atom stereocenters. The summed E-state index contributed by atoms with van der Waals surface area (Å²) in [6, 6.07) is 0. The molecular formula is C45H84O6. The second kappa shape index (κ2) is 31.9. The first-order valence-corrected chi connectivity index (χ1v) is 22.2. The topological polar surface area (TPSA) is 78.9 Å². The van der Waals surface area contributed by atoms with Crippen molar-refractivity contribution in [3.63, 3.8) is 0 Å². The van der Waals surface area contributed by atoms with E-state index in [0.29, 0.717) is 74.6 Å². The Hall–Kier alpha value is -1.59. The summed E-state index contributed by atoms with van der Waals surface area (Å²) in [6.07, 6.45) is 28.0. The van der Waals surface area contributed by atoms with Crippen LogP contribution in [0.25, 0.3) is 0 Å². The van der Waals surface area contributed by atoms with Crippen molar-refractivity contribution < 1.29 is 28.6 Å². The Labute approximate surface area is 316 Å². The highest BCUT2D eigenvalue weighted by Crippen LogP contribution is 2.40. The molecule has 0 N–H and O–H groups in total. The summed E-state index contributed by atoms with van der Waals surface area (Å²) >= 11 is 0. The number of hydrogen-bond donors (Lipinski definition) is 0. The third-order valence-electron chi connectivity index (χ3n) is 11.4. The third kappa shape index (κ3) is 25.1. The van der Waals surface area contributed by atoms with Crippen molar-refractivity contribution in [2.75, 3.05) is 19.8 Å². The van der Waals surface area contributed by atoms with E-state index in [-0.39, 0.29) is 17.9 Å². The molecule has 51 heavy (non-hydrogen) atoms. The molecule has 1 aliphatic rings. The molecule has 0 aromatic carbocycles. The quantitative estimate of drug-likeness (QED) is 0.0381. The van der Waals surface area contributed by atoms with E-state index in [2.05, 4.69) is 41.5 Å². The van der Waals surface area contributed by atoms with E-state index in [9.17, 15) is 14.4 Å². The van der Waals surface area contributed by atoms with Crippen LogP contribution in [0.2, 0.25) is 0 Å². The van der Waals surface area contributed by atoms with Crippen molar-refractivity contribution in [2.24, 2.45) is 35.5 Å². The van der Waals surface area contributed by atoms with Crippen LogP contribution in [0.4, 0.5) is 0 Å². The predicted octanol–water partition coefficient (Wildman–Crippen LogP) is 13.0. The summed E-state index contributed by atoms with van der Waals surface area (Å²) in [5.74, 6) is 2.41. The molecule has 1 rings (SSSR count). The van der Waals surface area contributed by atoms with Gasteiger partial charge in [-0.15, -0.1) is 0 Å². The summed E-state index contributed by atoms with van der Waals surface area (Å²) in [6.45, 7) is 14.9. The Morgan fingerprint density at radius 3 is 0.922 bits per heavy atom. The average molecular weight is 721 g/mol. The first-order chi connectivity index (χ1) is 24.8. The molecular weight excluding hydrogens is 636 g/mol. The lowest BCUT2D eigenvalue weighted by molar-refractivity contribution is -0.146. The zero-order valence-electron chi connectivity index (χ0n) is 34.6. The summed E-state index contributed by atoms with van der Waals surface area (Å²) < 4.78 is 17.5. The van der Waals surface area contributed by atoms with Crippen LogP contribution < -0.4 is 0 Å². The molecule has 0 radical (unpaired) electrons. The van der Waals surface area contributed by atoms with Gasteiger partial charge in [-0.05, 0) is 113 Å². The Kier molecular flexibility index (Phi) is 29.7. The van der Waals surface area contributed by atoms with Crippen molar-refractivity contribution in [2.45, 2.75) is 215 Å². The van der Waals surface area contributed by atoms with Gasteiger partial charge in [-0.2, -0.15) is 0 Å². The molecule has 6 nitrogen and oxygen atoms in total. The molecule has 0 aromatic heterocycles. The first kappa shape index (κ1) is 47.4. The van der Waals surface area contributed by atoms with Crippen molar-refractivity contribution in [3.8, 4) is 0 Å². The first-order valence-electron chi connectivity index (χ1n) is 22.2. The molecule has 1 fully saturated rings. The van der Waals surface area contributed by atoms with E-state index in [0.717, 1.165) is 96.3 Å². The largest absolute Gasteiger partial charge is 0.465 e. The fraction of sp³-hybridized carbons (Fsp3) is 0.933. The standard InChI is InChI=1S/C45H84O6/c1-7-13-16-22-37(19-10-4)34-49-43(46)28-25-40-31-41(26-29-44(47)50-35-38(20-11-5)23-17-14-8-2)33-42(32-40)27-30-45(48)51-36-39(21-12-6)24-18-15-9-3/h37-42H,7-36H2,1-6H3. The number of carbonyl (C=O) groups is 3. The van der Waals surface area contributed by atoms with Gasteiger partial charge in [0, 0.05) is 19.3 Å². The van der Waals surface area contributed by atoms with E-state index < -0.39 is 0 Å². The van der Waals surface area contributed by atoms with Gasteiger partial charge < -0.3 is 14.2 Å². The van der Waals surface area contributed by atoms with E-state index in [1.165, 1.54) is 57.8 Å². The minimum absolute atomic E-state index is 0.0708. The molecule has 0 saturated heterocycles. The molecule has 1 aliphatic carbocycles. The fourth-order valence-electron chi connectivity index (χ4n) is 8.43. The second-order valence-electron chi connectivity index (χ2n) is 16.4. The van der Waals surface area contributed by atoms with E-state index in [1.807, 2.05) is 0 Å². The Balaban J connectivity index is 2.73. The van der Waals surface area contributed by atoms with Crippen LogP contribution >= 0.6 is 0 Å². The second-order valence-corrected chi connectivity index (χ2v) is 16.4. The van der Waals surface area contributed by atoms with Gasteiger partial charge in [-0.1, -0.05) is 119 Å². The predicted molar refractivity (Wildman–Crippen MR) is 213 cm³/mol. The van der Waals surface area contributed by atoms with Crippen LogP contribution in [0.1, 0.15) is 215 Å². The van der Waals surface area contributed by atoms with Crippen molar-refractivity contribution in [1.29, 1.82) is 0 Å². The van der Waals surface area contributed by atoms with Crippen LogP contribution in [-0.2, 0) is 28.6 Å². The maximum absolute atomic E-state index is 12.9. The lowest BCUT2D eigenvalue weighted by atomic mass is 9.71. The summed E-state index contributed by atoms with van der Waals surface area (Å²) in [5.41, 5.74) is 0. The lowest BCUT2D eigenvalue weighted by Gasteiger charge is -2.35. The zero-order chi connectivity index (χ0) is 37.5. The molecule has 300 valence electrons. The number of unbranched alkanes of at least 4 members (excludes halogenated alkanes) is 6. The normalized spacial score (nSPS) is 19.3. The molecule has 1 saturated carbocycles. The zero-order valence-corrected chi connectivity index (χ0v) is 34.6. The van der Waals surface area contributed by atoms with Gasteiger partial charge in [0.2, 0.25) is 0 Å². The molecule has 0 aliphatic heterocycles. The van der Waals surface area contributed by atoms with E-state index in [4.69, 9.17) is 14.2 Å². The van der Waals surface area contributed by atoms with Crippen LogP contribution in [0, 0.1) is 35.5 Å². The number of carbonyl (C=O) groups excluding carboxylic acids is 3. The van der Waals surface area contributed by atoms with Gasteiger partial charge in [0.1, 0.15) is 0 Å². The SMILES string of the molecule is CCCCCC(CCC)COC(=O)CCC1CC(CCC(=O)OCC(CCC)CCCCC)CC(CCC(=O)OCC(CCC)CCCCC)C1. The average Bonchev–Trinajstić information content (AvgIpc) is 3.12. The monoisotopic (exact) mass is 721 g/mol. The number of esters is 3. The van der Waals surface area contributed by atoms with E-state index in [1.54, 1.807) is 0 Å². The number of ether oxygens (including phenoxy) is 3. The van der Waals surface area contributed by atoms with Crippen molar-refractivity contribution in [1.82, 2.24) is 0 Å². The lowest BCUT2D eigenvalue weighted by Crippen LogP contribution is -2.26. The molecule has 0 heterocycles. The molecule has 3 atom stereocenters. The Bertz CT molecular complexity index is 742.